The van der Waals surface area contributed by atoms with Crippen LogP contribution in [0.3, 0.4) is 0 Å². The first-order valence-electron chi connectivity index (χ1n) is 11.5. The van der Waals surface area contributed by atoms with Crippen molar-refractivity contribution < 1.29 is 59.1 Å². The zero-order valence-corrected chi connectivity index (χ0v) is 18.9. The number of carbonyl (C=O) groups excluding carboxylic acids is 1. The zero-order chi connectivity index (χ0) is 25.6. The topological polar surface area (TPSA) is 188 Å². The molecule has 11 atom stereocenters. The van der Waals surface area contributed by atoms with Gasteiger partial charge < -0.3 is 54.3 Å². The Labute approximate surface area is 205 Å². The van der Waals surface area contributed by atoms with Crippen LogP contribution >= 0.6 is 0 Å². The lowest BCUT2D eigenvalue weighted by atomic mass is 9.85. The lowest BCUT2D eigenvalue weighted by Crippen LogP contribution is -2.60. The SMILES string of the molecule is O=C(C=Cc1cccc(O)c1)OC1C2C=COC(OC3OC(CO)C(O)C(O)C3O)C2C2(CO)OC12. The summed E-state index contributed by atoms with van der Waals surface area (Å²) in [5, 5.41) is 59.5. The summed E-state index contributed by atoms with van der Waals surface area (Å²) in [5.41, 5.74) is -0.531. The Balaban J connectivity index is 1.30. The van der Waals surface area contributed by atoms with E-state index in [4.69, 9.17) is 23.7 Å². The van der Waals surface area contributed by atoms with Crippen molar-refractivity contribution in [2.24, 2.45) is 11.8 Å². The van der Waals surface area contributed by atoms with E-state index in [2.05, 4.69) is 0 Å². The number of benzene rings is 1. The Kier molecular flexibility index (Phi) is 6.78. The molecule has 5 rings (SSSR count). The summed E-state index contributed by atoms with van der Waals surface area (Å²) in [4.78, 5) is 12.6. The van der Waals surface area contributed by atoms with Gasteiger partial charge in [-0.05, 0) is 29.8 Å². The van der Waals surface area contributed by atoms with Gasteiger partial charge in [0, 0.05) is 12.0 Å². The molecule has 1 aromatic carbocycles. The van der Waals surface area contributed by atoms with Gasteiger partial charge in [0.05, 0.1) is 25.4 Å². The maximum atomic E-state index is 12.6. The third-order valence-corrected chi connectivity index (χ3v) is 7.13. The van der Waals surface area contributed by atoms with E-state index in [1.807, 2.05) is 0 Å². The van der Waals surface area contributed by atoms with Crippen LogP contribution in [-0.2, 0) is 28.5 Å². The molecule has 1 aliphatic carbocycles. The number of carbonyl (C=O) groups is 1. The molecule has 0 aromatic heterocycles. The smallest absolute Gasteiger partial charge is 0.331 e. The highest BCUT2D eigenvalue weighted by atomic mass is 16.8. The number of aromatic hydroxyl groups is 1. The quantitative estimate of drug-likeness (QED) is 0.141. The lowest BCUT2D eigenvalue weighted by molar-refractivity contribution is -0.344. The second-order valence-corrected chi connectivity index (χ2v) is 9.25. The molecule has 2 saturated heterocycles. The average Bonchev–Trinajstić information content (AvgIpc) is 3.55. The van der Waals surface area contributed by atoms with E-state index in [9.17, 15) is 35.4 Å². The van der Waals surface area contributed by atoms with Crippen LogP contribution in [0, 0.1) is 11.8 Å². The summed E-state index contributed by atoms with van der Waals surface area (Å²) in [6, 6.07) is 6.34. The fraction of sp³-hybridized carbons (Fsp3) is 0.542. The molecule has 0 spiro atoms. The first-order valence-corrected chi connectivity index (χ1v) is 11.5. The fourth-order valence-electron chi connectivity index (χ4n) is 5.25. The largest absolute Gasteiger partial charge is 0.508 e. The van der Waals surface area contributed by atoms with Crippen molar-refractivity contribution in [2.75, 3.05) is 13.2 Å². The lowest BCUT2D eigenvalue weighted by Gasteiger charge is -2.43. The molecular formula is C24H28O12. The van der Waals surface area contributed by atoms with Gasteiger partial charge in [0.1, 0.15) is 48.0 Å². The second-order valence-electron chi connectivity index (χ2n) is 9.25. The number of phenols is 1. The van der Waals surface area contributed by atoms with Crippen LogP contribution in [0.4, 0.5) is 0 Å². The molecule has 12 nitrogen and oxygen atoms in total. The summed E-state index contributed by atoms with van der Waals surface area (Å²) in [6.07, 6.45) is -4.28. The summed E-state index contributed by atoms with van der Waals surface area (Å²) in [7, 11) is 0. The minimum Gasteiger partial charge on any atom is -0.508 e. The molecule has 11 unspecified atom stereocenters. The highest BCUT2D eigenvalue weighted by Gasteiger charge is 2.77. The van der Waals surface area contributed by atoms with E-state index < -0.39 is 85.8 Å². The number of hydrogen-bond donors (Lipinski definition) is 6. The van der Waals surface area contributed by atoms with E-state index in [1.165, 1.54) is 30.5 Å². The highest BCUT2D eigenvalue weighted by molar-refractivity contribution is 5.87. The van der Waals surface area contributed by atoms with Crippen LogP contribution < -0.4 is 0 Å². The molecule has 0 radical (unpaired) electrons. The maximum absolute atomic E-state index is 12.6. The van der Waals surface area contributed by atoms with Crippen LogP contribution in [0.25, 0.3) is 6.08 Å². The van der Waals surface area contributed by atoms with Crippen molar-refractivity contribution in [3.63, 3.8) is 0 Å². The summed E-state index contributed by atoms with van der Waals surface area (Å²) >= 11 is 0. The number of aliphatic hydroxyl groups is 5. The molecule has 3 fully saturated rings. The van der Waals surface area contributed by atoms with E-state index in [1.54, 1.807) is 18.2 Å². The molecular weight excluding hydrogens is 480 g/mol. The van der Waals surface area contributed by atoms with Gasteiger partial charge in [0.2, 0.25) is 6.29 Å². The van der Waals surface area contributed by atoms with Gasteiger partial charge in [0.25, 0.3) is 0 Å². The van der Waals surface area contributed by atoms with Gasteiger partial charge in [-0.15, -0.1) is 0 Å². The molecule has 4 aliphatic rings. The molecule has 3 heterocycles. The van der Waals surface area contributed by atoms with Crippen molar-refractivity contribution >= 4 is 12.0 Å². The fourth-order valence-corrected chi connectivity index (χ4v) is 5.25. The van der Waals surface area contributed by atoms with Gasteiger partial charge in [-0.1, -0.05) is 12.1 Å². The maximum Gasteiger partial charge on any atom is 0.331 e. The standard InChI is InChI=1S/C24H28O12/c25-9-14-17(29)18(30)19(31)23(33-14)35-22-16-13(6-7-32-22)20(21-24(16,10-26)36-21)34-15(28)5-4-11-2-1-3-12(27)8-11/h1-8,13-14,16-23,25-27,29-31H,9-10H2. The number of esters is 1. The Hall–Kier alpha value is -2.55. The minimum atomic E-state index is -1.64. The van der Waals surface area contributed by atoms with Gasteiger partial charge in [-0.3, -0.25) is 0 Å². The normalized spacial score (nSPS) is 43.0. The number of epoxide rings is 1. The van der Waals surface area contributed by atoms with Gasteiger partial charge in [0.15, 0.2) is 6.29 Å². The van der Waals surface area contributed by atoms with E-state index in [0.29, 0.717) is 5.56 Å². The van der Waals surface area contributed by atoms with E-state index in [-0.39, 0.29) is 5.75 Å². The average molecular weight is 508 g/mol. The van der Waals surface area contributed by atoms with Crippen molar-refractivity contribution in [3.05, 3.63) is 48.2 Å². The number of fused-ring (bicyclic) bond motifs is 3. The molecule has 12 heteroatoms. The summed E-state index contributed by atoms with van der Waals surface area (Å²) < 4.78 is 28.3. The molecule has 3 aliphatic heterocycles. The minimum absolute atomic E-state index is 0.0565. The molecule has 0 bridgehead atoms. The van der Waals surface area contributed by atoms with Crippen molar-refractivity contribution in [1.82, 2.24) is 0 Å². The summed E-state index contributed by atoms with van der Waals surface area (Å²) in [6.45, 7) is -1.04. The van der Waals surface area contributed by atoms with Crippen LogP contribution in [0.5, 0.6) is 5.75 Å². The monoisotopic (exact) mass is 508 g/mol. The number of ether oxygens (including phenoxy) is 5. The Morgan fingerprint density at radius 2 is 1.92 bits per heavy atom. The van der Waals surface area contributed by atoms with E-state index >= 15 is 0 Å². The predicted octanol–water partition coefficient (Wildman–Crippen LogP) is -1.62. The Bertz CT molecular complexity index is 1030. The van der Waals surface area contributed by atoms with E-state index in [0.717, 1.165) is 0 Å². The first-order chi connectivity index (χ1) is 17.3. The summed E-state index contributed by atoms with van der Waals surface area (Å²) in [5.74, 6) is -1.74. The third kappa shape index (κ3) is 4.29. The van der Waals surface area contributed by atoms with Gasteiger partial charge in [-0.25, -0.2) is 4.79 Å². The molecule has 0 amide bonds. The van der Waals surface area contributed by atoms with Crippen LogP contribution in [0.1, 0.15) is 5.56 Å². The number of aliphatic hydroxyl groups excluding tert-OH is 5. The Morgan fingerprint density at radius 3 is 2.64 bits per heavy atom. The van der Waals surface area contributed by atoms with Crippen LogP contribution in [0.2, 0.25) is 0 Å². The molecule has 1 saturated carbocycles. The zero-order valence-electron chi connectivity index (χ0n) is 18.9. The predicted molar refractivity (Wildman–Crippen MR) is 118 cm³/mol. The number of phenolic OH excluding ortho intramolecular Hbond substituents is 1. The number of hydrogen-bond acceptors (Lipinski definition) is 12. The van der Waals surface area contributed by atoms with Crippen molar-refractivity contribution in [3.8, 4) is 5.75 Å². The number of rotatable bonds is 7. The molecule has 36 heavy (non-hydrogen) atoms. The first kappa shape index (κ1) is 25.1. The van der Waals surface area contributed by atoms with Crippen LogP contribution in [-0.4, -0.2) is 105 Å². The van der Waals surface area contributed by atoms with Gasteiger partial charge >= 0.3 is 5.97 Å². The second kappa shape index (κ2) is 9.72. The highest BCUT2D eigenvalue weighted by Crippen LogP contribution is 2.60. The van der Waals surface area contributed by atoms with Crippen molar-refractivity contribution in [2.45, 2.75) is 54.8 Å². The van der Waals surface area contributed by atoms with Gasteiger partial charge in [-0.2, -0.15) is 0 Å². The van der Waals surface area contributed by atoms with Crippen molar-refractivity contribution in [1.29, 1.82) is 0 Å². The van der Waals surface area contributed by atoms with Crippen LogP contribution in [0.15, 0.2) is 42.7 Å². The molecule has 196 valence electrons. The molecule has 1 aromatic rings. The third-order valence-electron chi connectivity index (χ3n) is 7.13. The molecule has 6 N–H and O–H groups in total. The Morgan fingerprint density at radius 1 is 1.11 bits per heavy atom.